The highest BCUT2D eigenvalue weighted by atomic mass is 16.4. The van der Waals surface area contributed by atoms with Crippen LogP contribution in [-0.2, 0) is 16.0 Å². The summed E-state index contributed by atoms with van der Waals surface area (Å²) in [5.41, 5.74) is 5.67. The largest absolute Gasteiger partial charge is 0.508 e. The van der Waals surface area contributed by atoms with Gasteiger partial charge in [-0.05, 0) is 37.0 Å². The molecule has 0 heterocycles. The second-order valence-corrected chi connectivity index (χ2v) is 5.24. The molecule has 0 aromatic heterocycles. The van der Waals surface area contributed by atoms with Crippen LogP contribution in [-0.4, -0.2) is 33.7 Å². The van der Waals surface area contributed by atoms with E-state index in [0.29, 0.717) is 12.8 Å². The van der Waals surface area contributed by atoms with Crippen molar-refractivity contribution < 1.29 is 19.8 Å². The minimum atomic E-state index is -1.10. The first-order valence-corrected chi connectivity index (χ1v) is 6.51. The highest BCUT2D eigenvalue weighted by Gasteiger charge is 2.41. The lowest BCUT2D eigenvalue weighted by Gasteiger charge is -2.37. The summed E-state index contributed by atoms with van der Waals surface area (Å²) in [5, 5.41) is 20.9. The zero-order valence-corrected chi connectivity index (χ0v) is 11.0. The fourth-order valence-corrected chi connectivity index (χ4v) is 2.15. The van der Waals surface area contributed by atoms with Gasteiger partial charge < -0.3 is 21.3 Å². The summed E-state index contributed by atoms with van der Waals surface area (Å²) in [5.74, 6) is -1.40. The molecule has 1 aliphatic rings. The van der Waals surface area contributed by atoms with Crippen LogP contribution in [0.1, 0.15) is 24.8 Å². The molecule has 108 valence electrons. The molecule has 1 fully saturated rings. The number of nitrogens with one attached hydrogen (secondary N) is 1. The Kier molecular flexibility index (Phi) is 3.94. The lowest BCUT2D eigenvalue weighted by atomic mass is 9.77. The van der Waals surface area contributed by atoms with Gasteiger partial charge in [-0.25, -0.2) is 4.79 Å². The molecular weight excluding hydrogens is 260 g/mol. The zero-order chi connectivity index (χ0) is 14.8. The molecule has 0 spiro atoms. The van der Waals surface area contributed by atoms with Gasteiger partial charge in [0.1, 0.15) is 11.8 Å². The average Bonchev–Trinajstić information content (AvgIpc) is 2.37. The maximum Gasteiger partial charge on any atom is 0.326 e. The Morgan fingerprint density at radius 1 is 1.30 bits per heavy atom. The number of hydrogen-bond acceptors (Lipinski definition) is 4. The maximum atomic E-state index is 12.0. The molecule has 1 aromatic carbocycles. The van der Waals surface area contributed by atoms with Crippen LogP contribution in [0.2, 0.25) is 0 Å². The molecule has 1 atom stereocenters. The Hall–Kier alpha value is -2.08. The predicted molar refractivity (Wildman–Crippen MR) is 72.1 cm³/mol. The van der Waals surface area contributed by atoms with E-state index in [1.54, 1.807) is 12.1 Å². The SMILES string of the molecule is NC1(C(=O)N[C@@H](Cc2ccc(O)cc2)C(=O)O)CCC1. The molecule has 5 N–H and O–H groups in total. The maximum absolute atomic E-state index is 12.0. The minimum Gasteiger partial charge on any atom is -0.508 e. The topological polar surface area (TPSA) is 113 Å². The third-order valence-corrected chi connectivity index (χ3v) is 3.68. The summed E-state index contributed by atoms with van der Waals surface area (Å²) >= 11 is 0. The van der Waals surface area contributed by atoms with E-state index in [-0.39, 0.29) is 12.2 Å². The minimum absolute atomic E-state index is 0.111. The van der Waals surface area contributed by atoms with E-state index < -0.39 is 23.5 Å². The van der Waals surface area contributed by atoms with Crippen LogP contribution in [0, 0.1) is 0 Å². The van der Waals surface area contributed by atoms with Gasteiger partial charge in [-0.15, -0.1) is 0 Å². The first-order valence-electron chi connectivity index (χ1n) is 6.51. The van der Waals surface area contributed by atoms with Crippen molar-refractivity contribution in [3.05, 3.63) is 29.8 Å². The number of amides is 1. The van der Waals surface area contributed by atoms with Gasteiger partial charge in [0, 0.05) is 6.42 Å². The van der Waals surface area contributed by atoms with Crippen molar-refractivity contribution in [2.75, 3.05) is 0 Å². The molecule has 0 radical (unpaired) electrons. The van der Waals surface area contributed by atoms with E-state index in [1.807, 2.05) is 0 Å². The van der Waals surface area contributed by atoms with Gasteiger partial charge in [0.15, 0.2) is 0 Å². The summed E-state index contributed by atoms with van der Waals surface area (Å²) in [4.78, 5) is 23.2. The monoisotopic (exact) mass is 278 g/mol. The molecule has 20 heavy (non-hydrogen) atoms. The number of rotatable bonds is 5. The Morgan fingerprint density at radius 2 is 1.90 bits per heavy atom. The van der Waals surface area contributed by atoms with Crippen LogP contribution in [0.3, 0.4) is 0 Å². The molecule has 0 aliphatic heterocycles. The van der Waals surface area contributed by atoms with Crippen LogP contribution < -0.4 is 11.1 Å². The molecule has 6 heteroatoms. The molecule has 0 bridgehead atoms. The van der Waals surface area contributed by atoms with Crippen molar-refractivity contribution in [2.45, 2.75) is 37.3 Å². The number of aromatic hydroxyl groups is 1. The molecular formula is C14H18N2O4. The fraction of sp³-hybridized carbons (Fsp3) is 0.429. The van der Waals surface area contributed by atoms with Crippen molar-refractivity contribution in [3.63, 3.8) is 0 Å². The molecule has 0 saturated heterocycles. The van der Waals surface area contributed by atoms with Crippen molar-refractivity contribution >= 4 is 11.9 Å². The number of nitrogens with two attached hydrogens (primary N) is 1. The smallest absolute Gasteiger partial charge is 0.326 e. The zero-order valence-electron chi connectivity index (χ0n) is 11.0. The van der Waals surface area contributed by atoms with Crippen molar-refractivity contribution in [1.29, 1.82) is 0 Å². The lowest BCUT2D eigenvalue weighted by molar-refractivity contribution is -0.143. The van der Waals surface area contributed by atoms with Crippen LogP contribution >= 0.6 is 0 Å². The van der Waals surface area contributed by atoms with Crippen LogP contribution in [0.15, 0.2) is 24.3 Å². The van der Waals surface area contributed by atoms with E-state index in [2.05, 4.69) is 5.32 Å². The van der Waals surface area contributed by atoms with Gasteiger partial charge in [0.25, 0.3) is 0 Å². The fourth-order valence-electron chi connectivity index (χ4n) is 2.15. The number of carbonyl (C=O) groups is 2. The molecule has 2 rings (SSSR count). The van der Waals surface area contributed by atoms with E-state index in [1.165, 1.54) is 12.1 Å². The summed E-state index contributed by atoms with van der Waals surface area (Å²) in [6.45, 7) is 0. The second kappa shape index (κ2) is 5.50. The quantitative estimate of drug-likeness (QED) is 0.622. The number of carboxylic acid groups (broad SMARTS) is 1. The van der Waals surface area contributed by atoms with E-state index >= 15 is 0 Å². The molecule has 1 amide bonds. The van der Waals surface area contributed by atoms with Gasteiger partial charge in [0.05, 0.1) is 5.54 Å². The Bertz CT molecular complexity index is 508. The number of carbonyl (C=O) groups excluding carboxylic acids is 1. The first kappa shape index (κ1) is 14.3. The summed E-state index contributed by atoms with van der Waals surface area (Å²) < 4.78 is 0. The van der Waals surface area contributed by atoms with E-state index in [9.17, 15) is 19.8 Å². The molecule has 1 saturated carbocycles. The highest BCUT2D eigenvalue weighted by molar-refractivity contribution is 5.90. The number of aliphatic carboxylic acids is 1. The lowest BCUT2D eigenvalue weighted by Crippen LogP contribution is -2.61. The first-order chi connectivity index (χ1) is 9.40. The van der Waals surface area contributed by atoms with Gasteiger partial charge in [0.2, 0.25) is 5.91 Å². The third kappa shape index (κ3) is 3.08. The summed E-state index contributed by atoms with van der Waals surface area (Å²) in [7, 11) is 0. The normalized spacial score (nSPS) is 17.9. The summed E-state index contributed by atoms with van der Waals surface area (Å²) in [6.07, 6.45) is 2.21. The third-order valence-electron chi connectivity index (χ3n) is 3.68. The molecule has 1 aromatic rings. The Labute approximate surface area is 116 Å². The number of hydrogen-bond donors (Lipinski definition) is 4. The van der Waals surface area contributed by atoms with Crippen molar-refractivity contribution in [3.8, 4) is 5.75 Å². The number of benzene rings is 1. The van der Waals surface area contributed by atoms with E-state index in [0.717, 1.165) is 12.0 Å². The highest BCUT2D eigenvalue weighted by Crippen LogP contribution is 2.29. The number of carboxylic acids is 1. The van der Waals surface area contributed by atoms with Gasteiger partial charge in [-0.1, -0.05) is 12.1 Å². The molecule has 6 nitrogen and oxygen atoms in total. The second-order valence-electron chi connectivity index (χ2n) is 5.24. The van der Waals surface area contributed by atoms with Gasteiger partial charge >= 0.3 is 5.97 Å². The van der Waals surface area contributed by atoms with Crippen molar-refractivity contribution in [1.82, 2.24) is 5.32 Å². The predicted octanol–water partition coefficient (Wildman–Crippen LogP) is 0.385. The Balaban J connectivity index is 2.02. The van der Waals surface area contributed by atoms with Crippen molar-refractivity contribution in [2.24, 2.45) is 5.73 Å². The van der Waals surface area contributed by atoms with Gasteiger partial charge in [-0.3, -0.25) is 4.79 Å². The standard InChI is InChI=1S/C14H18N2O4/c15-14(6-1-7-14)13(20)16-11(12(18)19)8-9-2-4-10(17)5-3-9/h2-5,11,17H,1,6-8,15H2,(H,16,20)(H,18,19)/t11-/m0/s1. The average molecular weight is 278 g/mol. The molecule has 0 unspecified atom stereocenters. The molecule has 1 aliphatic carbocycles. The van der Waals surface area contributed by atoms with Gasteiger partial charge in [-0.2, -0.15) is 0 Å². The van der Waals surface area contributed by atoms with Crippen LogP contribution in [0.5, 0.6) is 5.75 Å². The Morgan fingerprint density at radius 3 is 2.35 bits per heavy atom. The summed E-state index contributed by atoms with van der Waals surface area (Å²) in [6, 6.07) is 5.18. The number of phenols is 1. The number of phenolic OH excluding ortho intramolecular Hbond substituents is 1. The van der Waals surface area contributed by atoms with E-state index in [4.69, 9.17) is 5.73 Å². The van der Waals surface area contributed by atoms with Crippen LogP contribution in [0.4, 0.5) is 0 Å². The van der Waals surface area contributed by atoms with Crippen LogP contribution in [0.25, 0.3) is 0 Å².